The van der Waals surface area contributed by atoms with E-state index in [0.717, 1.165) is 17.0 Å². The van der Waals surface area contributed by atoms with Crippen LogP contribution in [0, 0.1) is 13.8 Å². The van der Waals surface area contributed by atoms with Crippen LogP contribution in [-0.2, 0) is 11.3 Å². The number of benzene rings is 1. The molecule has 7 nitrogen and oxygen atoms in total. The Labute approximate surface area is 147 Å². The Morgan fingerprint density at radius 3 is 2.64 bits per heavy atom. The van der Waals surface area contributed by atoms with Gasteiger partial charge in [-0.15, -0.1) is 0 Å². The summed E-state index contributed by atoms with van der Waals surface area (Å²) in [5.74, 6) is 1.93. The van der Waals surface area contributed by atoms with Gasteiger partial charge in [-0.25, -0.2) is 0 Å². The van der Waals surface area contributed by atoms with Gasteiger partial charge in [0.1, 0.15) is 17.3 Å². The average molecular weight is 347 g/mol. The van der Waals surface area contributed by atoms with Gasteiger partial charge in [-0.3, -0.25) is 4.79 Å². The molecule has 7 heteroatoms. The topological polar surface area (TPSA) is 85.6 Å². The number of amides is 1. The van der Waals surface area contributed by atoms with E-state index in [2.05, 4.69) is 15.8 Å². The third-order valence-electron chi connectivity index (χ3n) is 3.98. The Hall–Kier alpha value is -2.54. The van der Waals surface area contributed by atoms with Crippen molar-refractivity contribution in [2.24, 2.45) is 0 Å². The molecular weight excluding hydrogens is 322 g/mol. The van der Waals surface area contributed by atoms with E-state index in [9.17, 15) is 4.79 Å². The molecular formula is C18H25N3O4. The number of nitrogens with zero attached hydrogens (tertiary/aromatic N) is 1. The summed E-state index contributed by atoms with van der Waals surface area (Å²) in [5.41, 5.74) is 2.51. The van der Waals surface area contributed by atoms with Gasteiger partial charge in [0.2, 0.25) is 5.91 Å². The summed E-state index contributed by atoms with van der Waals surface area (Å²) in [7, 11) is 3.14. The largest absolute Gasteiger partial charge is 0.497 e. The van der Waals surface area contributed by atoms with Crippen LogP contribution in [0.4, 0.5) is 5.69 Å². The number of nitrogens with one attached hydrogen (secondary N) is 2. The van der Waals surface area contributed by atoms with E-state index in [0.29, 0.717) is 30.2 Å². The van der Waals surface area contributed by atoms with Crippen molar-refractivity contribution in [3.8, 4) is 11.5 Å². The van der Waals surface area contributed by atoms with Gasteiger partial charge in [-0.1, -0.05) is 5.16 Å². The molecule has 2 N–H and O–H groups in total. The molecule has 136 valence electrons. The number of carbonyl (C=O) groups excluding carboxylic acids is 1. The maximum absolute atomic E-state index is 12.3. The molecule has 1 aromatic heterocycles. The highest BCUT2D eigenvalue weighted by Gasteiger charge is 2.14. The molecule has 0 bridgehead atoms. The van der Waals surface area contributed by atoms with Crippen molar-refractivity contribution in [3.63, 3.8) is 0 Å². The van der Waals surface area contributed by atoms with Gasteiger partial charge in [0.05, 0.1) is 25.6 Å². The molecule has 0 spiro atoms. The molecule has 1 unspecified atom stereocenters. The van der Waals surface area contributed by atoms with E-state index in [1.54, 1.807) is 32.4 Å². The third kappa shape index (κ3) is 4.96. The number of aryl methyl sites for hydroxylation is 2. The Balaban J connectivity index is 1.89. The minimum atomic E-state index is -0.0952. The maximum atomic E-state index is 12.3. The second-order valence-corrected chi connectivity index (χ2v) is 5.90. The Kier molecular flexibility index (Phi) is 6.41. The van der Waals surface area contributed by atoms with Crippen LogP contribution < -0.4 is 20.1 Å². The lowest BCUT2D eigenvalue weighted by Gasteiger charge is -2.15. The van der Waals surface area contributed by atoms with Gasteiger partial charge in [0, 0.05) is 30.6 Å². The van der Waals surface area contributed by atoms with Crippen molar-refractivity contribution in [1.29, 1.82) is 0 Å². The number of aromatic nitrogens is 1. The first-order chi connectivity index (χ1) is 11.9. The van der Waals surface area contributed by atoms with Crippen molar-refractivity contribution >= 4 is 11.6 Å². The first-order valence-electron chi connectivity index (χ1n) is 8.11. The molecule has 0 radical (unpaired) electrons. The molecule has 0 aliphatic carbocycles. The van der Waals surface area contributed by atoms with Gasteiger partial charge >= 0.3 is 0 Å². The van der Waals surface area contributed by atoms with Gasteiger partial charge in [0.15, 0.2) is 0 Å². The summed E-state index contributed by atoms with van der Waals surface area (Å²) < 4.78 is 15.6. The average Bonchev–Trinajstić information content (AvgIpc) is 2.91. The highest BCUT2D eigenvalue weighted by Crippen LogP contribution is 2.29. The minimum Gasteiger partial charge on any atom is -0.497 e. The van der Waals surface area contributed by atoms with Gasteiger partial charge in [0.25, 0.3) is 0 Å². The van der Waals surface area contributed by atoms with E-state index in [1.165, 1.54) is 0 Å². The zero-order valence-electron chi connectivity index (χ0n) is 15.3. The molecule has 0 aliphatic heterocycles. The summed E-state index contributed by atoms with van der Waals surface area (Å²) in [4.78, 5) is 12.3. The van der Waals surface area contributed by atoms with Crippen molar-refractivity contribution in [2.75, 3.05) is 19.5 Å². The number of anilines is 1. The molecule has 1 heterocycles. The van der Waals surface area contributed by atoms with E-state index in [-0.39, 0.29) is 11.9 Å². The van der Waals surface area contributed by atoms with Crippen LogP contribution in [0.1, 0.15) is 30.4 Å². The highest BCUT2D eigenvalue weighted by molar-refractivity contribution is 5.92. The fourth-order valence-corrected chi connectivity index (χ4v) is 2.48. The molecule has 2 aromatic rings. The lowest BCUT2D eigenvalue weighted by atomic mass is 10.1. The lowest BCUT2D eigenvalue weighted by molar-refractivity contribution is -0.116. The van der Waals surface area contributed by atoms with E-state index < -0.39 is 0 Å². The molecule has 25 heavy (non-hydrogen) atoms. The van der Waals surface area contributed by atoms with E-state index in [4.69, 9.17) is 14.0 Å². The fourth-order valence-electron chi connectivity index (χ4n) is 2.48. The van der Waals surface area contributed by atoms with Crippen LogP contribution in [0.25, 0.3) is 0 Å². The lowest BCUT2D eigenvalue weighted by Crippen LogP contribution is -2.30. The second kappa shape index (κ2) is 8.53. The first-order valence-corrected chi connectivity index (χ1v) is 8.11. The van der Waals surface area contributed by atoms with Crippen LogP contribution in [0.15, 0.2) is 22.7 Å². The van der Waals surface area contributed by atoms with Crippen molar-refractivity contribution in [1.82, 2.24) is 10.5 Å². The zero-order chi connectivity index (χ0) is 18.4. The van der Waals surface area contributed by atoms with Crippen LogP contribution >= 0.6 is 0 Å². The molecule has 2 rings (SSSR count). The molecule has 0 saturated carbocycles. The van der Waals surface area contributed by atoms with E-state index in [1.807, 2.05) is 20.8 Å². The maximum Gasteiger partial charge on any atom is 0.226 e. The normalized spacial score (nSPS) is 11.9. The molecule has 0 fully saturated rings. The molecule has 0 saturated heterocycles. The highest BCUT2D eigenvalue weighted by atomic mass is 16.5. The Morgan fingerprint density at radius 2 is 2.04 bits per heavy atom. The van der Waals surface area contributed by atoms with Gasteiger partial charge in [-0.2, -0.15) is 0 Å². The monoisotopic (exact) mass is 347 g/mol. The Bertz CT molecular complexity index is 708. The SMILES string of the molecule is COc1ccc(NC(=O)CC(C)NCc2c(C)noc2C)c(OC)c1. The van der Waals surface area contributed by atoms with Crippen molar-refractivity contribution in [3.05, 3.63) is 35.2 Å². The third-order valence-corrected chi connectivity index (χ3v) is 3.98. The summed E-state index contributed by atoms with van der Waals surface area (Å²) in [6.45, 7) is 6.36. The predicted molar refractivity (Wildman–Crippen MR) is 95.1 cm³/mol. The number of hydrogen-bond donors (Lipinski definition) is 2. The van der Waals surface area contributed by atoms with Crippen molar-refractivity contribution in [2.45, 2.75) is 39.8 Å². The number of hydrogen-bond acceptors (Lipinski definition) is 6. The van der Waals surface area contributed by atoms with Gasteiger partial charge in [-0.05, 0) is 32.9 Å². The zero-order valence-corrected chi connectivity index (χ0v) is 15.3. The van der Waals surface area contributed by atoms with E-state index >= 15 is 0 Å². The summed E-state index contributed by atoms with van der Waals surface area (Å²) >= 11 is 0. The number of carbonyl (C=O) groups is 1. The van der Waals surface area contributed by atoms with Crippen LogP contribution in [0.2, 0.25) is 0 Å². The summed E-state index contributed by atoms with van der Waals surface area (Å²) in [6.07, 6.45) is 0.332. The smallest absolute Gasteiger partial charge is 0.226 e. The second-order valence-electron chi connectivity index (χ2n) is 5.90. The summed E-state index contributed by atoms with van der Waals surface area (Å²) in [5, 5.41) is 10.1. The van der Waals surface area contributed by atoms with Crippen LogP contribution in [0.3, 0.4) is 0 Å². The molecule has 0 aliphatic rings. The predicted octanol–water partition coefficient (Wildman–Crippen LogP) is 2.82. The fraction of sp³-hybridized carbons (Fsp3) is 0.444. The molecule has 1 atom stereocenters. The van der Waals surface area contributed by atoms with Crippen LogP contribution in [-0.4, -0.2) is 31.3 Å². The standard InChI is InChI=1S/C18H25N3O4/c1-11(19-10-15-12(2)21-25-13(15)3)8-18(22)20-16-7-6-14(23-4)9-17(16)24-5/h6-7,9,11,19H,8,10H2,1-5H3,(H,20,22). The number of methoxy groups -OCH3 is 2. The quantitative estimate of drug-likeness (QED) is 0.764. The first kappa shape index (κ1) is 18.8. The summed E-state index contributed by atoms with van der Waals surface area (Å²) in [6, 6.07) is 5.27. The minimum absolute atomic E-state index is 0.00190. The van der Waals surface area contributed by atoms with Crippen LogP contribution in [0.5, 0.6) is 11.5 Å². The Morgan fingerprint density at radius 1 is 1.28 bits per heavy atom. The molecule has 1 amide bonds. The van der Waals surface area contributed by atoms with Gasteiger partial charge < -0.3 is 24.6 Å². The number of ether oxygens (including phenoxy) is 2. The number of rotatable bonds is 8. The molecule has 1 aromatic carbocycles. The van der Waals surface area contributed by atoms with Crippen molar-refractivity contribution < 1.29 is 18.8 Å².